The van der Waals surface area contributed by atoms with Crippen LogP contribution in [0.25, 0.3) is 0 Å². The van der Waals surface area contributed by atoms with Crippen LogP contribution in [0, 0.1) is 0 Å². The minimum absolute atomic E-state index is 0.0623. The molecule has 0 aliphatic heterocycles. The lowest BCUT2D eigenvalue weighted by Crippen LogP contribution is -2.52. The van der Waals surface area contributed by atoms with Crippen molar-refractivity contribution in [2.75, 3.05) is 27.3 Å². The van der Waals surface area contributed by atoms with Gasteiger partial charge in [0.2, 0.25) is 11.8 Å². The van der Waals surface area contributed by atoms with Gasteiger partial charge < -0.3 is 29.9 Å². The Morgan fingerprint density at radius 3 is 1.68 bits per heavy atom. The van der Waals surface area contributed by atoms with Crippen molar-refractivity contribution in [2.45, 2.75) is 25.7 Å². The quantitative estimate of drug-likeness (QED) is 0.337. The Bertz CT molecular complexity index is 1240. The first-order valence-electron chi connectivity index (χ1n) is 12.8. The molecule has 10 nitrogen and oxygen atoms in total. The summed E-state index contributed by atoms with van der Waals surface area (Å²) >= 11 is 0. The van der Waals surface area contributed by atoms with Crippen LogP contribution in [0.3, 0.4) is 0 Å². The molecule has 0 heterocycles. The fourth-order valence-corrected chi connectivity index (χ4v) is 3.75. The van der Waals surface area contributed by atoms with Crippen molar-refractivity contribution in [1.82, 2.24) is 20.4 Å². The van der Waals surface area contributed by atoms with Gasteiger partial charge in [-0.05, 0) is 16.7 Å². The van der Waals surface area contributed by atoms with E-state index in [2.05, 4.69) is 10.6 Å². The lowest BCUT2D eigenvalue weighted by molar-refractivity contribution is -0.138. The van der Waals surface area contributed by atoms with Crippen LogP contribution in [-0.2, 0) is 38.7 Å². The minimum Gasteiger partial charge on any atom is -0.445 e. The summed E-state index contributed by atoms with van der Waals surface area (Å²) in [5, 5.41) is 5.07. The van der Waals surface area contributed by atoms with E-state index >= 15 is 0 Å². The number of carbonyl (C=O) groups is 4. The molecule has 10 heteroatoms. The van der Waals surface area contributed by atoms with Crippen molar-refractivity contribution < 1.29 is 28.7 Å². The van der Waals surface area contributed by atoms with Crippen LogP contribution in [0.15, 0.2) is 91.0 Å². The molecular weight excluding hydrogens is 512 g/mol. The molecule has 0 spiro atoms. The molecule has 0 aromatic heterocycles. The van der Waals surface area contributed by atoms with Crippen molar-refractivity contribution in [3.8, 4) is 0 Å². The molecule has 3 rings (SSSR count). The van der Waals surface area contributed by atoms with Crippen LogP contribution < -0.4 is 10.6 Å². The molecule has 0 aliphatic carbocycles. The van der Waals surface area contributed by atoms with Gasteiger partial charge in [-0.2, -0.15) is 0 Å². The number of nitrogens with zero attached hydrogens (tertiary/aromatic N) is 2. The zero-order valence-electron chi connectivity index (χ0n) is 22.6. The molecule has 0 unspecified atom stereocenters. The van der Waals surface area contributed by atoms with Crippen molar-refractivity contribution in [3.05, 3.63) is 108 Å². The predicted molar refractivity (Wildman–Crippen MR) is 149 cm³/mol. The maximum Gasteiger partial charge on any atom is 0.408 e. The van der Waals surface area contributed by atoms with E-state index in [-0.39, 0.29) is 32.8 Å². The summed E-state index contributed by atoms with van der Waals surface area (Å²) < 4.78 is 10.4. The highest BCUT2D eigenvalue weighted by molar-refractivity contribution is 5.86. The van der Waals surface area contributed by atoms with Crippen LogP contribution in [0.1, 0.15) is 16.7 Å². The van der Waals surface area contributed by atoms with Gasteiger partial charge in [0.25, 0.3) is 0 Å². The maximum absolute atomic E-state index is 13.3. The normalized spacial score (nSPS) is 11.1. The number of benzene rings is 3. The Kier molecular flexibility index (Phi) is 11.5. The Morgan fingerprint density at radius 2 is 1.15 bits per heavy atom. The summed E-state index contributed by atoms with van der Waals surface area (Å²) in [6, 6.07) is 26.7. The lowest BCUT2D eigenvalue weighted by Gasteiger charge is -2.28. The summed E-state index contributed by atoms with van der Waals surface area (Å²) in [6.07, 6.45) is -1.22. The first-order valence-corrected chi connectivity index (χ1v) is 12.8. The second kappa shape index (κ2) is 15.5. The number of carbonyl (C=O) groups excluding carboxylic acids is 4. The van der Waals surface area contributed by atoms with E-state index in [1.807, 2.05) is 91.0 Å². The molecule has 40 heavy (non-hydrogen) atoms. The van der Waals surface area contributed by atoms with Crippen LogP contribution in [0.5, 0.6) is 0 Å². The molecule has 2 N–H and O–H groups in total. The van der Waals surface area contributed by atoms with E-state index < -0.39 is 30.0 Å². The van der Waals surface area contributed by atoms with E-state index in [4.69, 9.17) is 9.47 Å². The van der Waals surface area contributed by atoms with Crippen molar-refractivity contribution in [1.29, 1.82) is 0 Å². The average Bonchev–Trinajstić information content (AvgIpc) is 2.98. The van der Waals surface area contributed by atoms with Gasteiger partial charge in [0.1, 0.15) is 25.8 Å². The molecule has 3 aromatic rings. The number of rotatable bonds is 12. The molecule has 0 saturated heterocycles. The summed E-state index contributed by atoms with van der Waals surface area (Å²) in [7, 11) is 3.04. The van der Waals surface area contributed by atoms with Gasteiger partial charge in [-0.1, -0.05) is 91.0 Å². The third kappa shape index (κ3) is 10.1. The molecule has 0 radical (unpaired) electrons. The van der Waals surface area contributed by atoms with E-state index in [0.717, 1.165) is 16.7 Å². The van der Waals surface area contributed by atoms with Gasteiger partial charge in [0.05, 0.1) is 6.67 Å². The van der Waals surface area contributed by atoms with Crippen molar-refractivity contribution in [2.24, 2.45) is 0 Å². The van der Waals surface area contributed by atoms with Gasteiger partial charge in [-0.15, -0.1) is 0 Å². The number of hydrogen-bond acceptors (Lipinski definition) is 6. The summed E-state index contributed by atoms with van der Waals surface area (Å²) in [5.41, 5.74) is 2.49. The molecule has 3 aromatic carbocycles. The topological polar surface area (TPSA) is 117 Å². The Labute approximate surface area is 233 Å². The lowest BCUT2D eigenvalue weighted by atomic mass is 10.1. The van der Waals surface area contributed by atoms with E-state index in [1.165, 1.54) is 23.9 Å². The number of alkyl carbamates (subject to hydrolysis) is 2. The SMILES string of the molecule is CN(CN(C)C(=O)[C@H](Cc1ccccc1)NC(=O)OCc1ccccc1)C(=O)CNC(=O)OCc1ccccc1. The van der Waals surface area contributed by atoms with E-state index in [0.29, 0.717) is 0 Å². The number of amides is 4. The highest BCUT2D eigenvalue weighted by atomic mass is 16.6. The van der Waals surface area contributed by atoms with Crippen molar-refractivity contribution >= 4 is 24.0 Å². The standard InChI is InChI=1S/C30H34N4O6/c1-33(27(35)19-31-29(37)39-20-24-14-8-4-9-15-24)22-34(2)28(36)26(18-23-12-6-3-7-13-23)32-30(38)40-21-25-16-10-5-11-17-25/h3-17,26H,18-22H2,1-2H3,(H,31,37)(H,32,38)/t26-/m0/s1. The summed E-state index contributed by atoms with van der Waals surface area (Å²) in [4.78, 5) is 53.0. The summed E-state index contributed by atoms with van der Waals surface area (Å²) in [5.74, 6) is -0.832. The Hall–Kier alpha value is -4.86. The van der Waals surface area contributed by atoms with Crippen LogP contribution in [0.4, 0.5) is 9.59 Å². The molecule has 0 aliphatic rings. The highest BCUT2D eigenvalue weighted by Gasteiger charge is 2.26. The third-order valence-electron chi connectivity index (χ3n) is 5.91. The minimum atomic E-state index is -0.926. The van der Waals surface area contributed by atoms with Crippen LogP contribution >= 0.6 is 0 Å². The number of hydrogen-bond donors (Lipinski definition) is 2. The molecule has 210 valence electrons. The fraction of sp³-hybridized carbons (Fsp3) is 0.267. The van der Waals surface area contributed by atoms with Gasteiger partial charge in [0.15, 0.2) is 0 Å². The monoisotopic (exact) mass is 546 g/mol. The Balaban J connectivity index is 1.51. The molecule has 0 fully saturated rings. The largest absolute Gasteiger partial charge is 0.445 e. The van der Waals surface area contributed by atoms with E-state index in [9.17, 15) is 19.2 Å². The van der Waals surface area contributed by atoms with Gasteiger partial charge in [0, 0.05) is 20.5 Å². The van der Waals surface area contributed by atoms with Gasteiger partial charge >= 0.3 is 12.2 Å². The fourth-order valence-electron chi connectivity index (χ4n) is 3.75. The van der Waals surface area contributed by atoms with Gasteiger partial charge in [-0.3, -0.25) is 9.59 Å². The number of likely N-dealkylation sites (N-methyl/N-ethyl adjacent to an activating group) is 2. The predicted octanol–water partition coefficient (Wildman–Crippen LogP) is 3.32. The third-order valence-corrected chi connectivity index (χ3v) is 5.91. The van der Waals surface area contributed by atoms with Crippen LogP contribution in [0.2, 0.25) is 0 Å². The first kappa shape index (κ1) is 29.7. The van der Waals surface area contributed by atoms with E-state index in [1.54, 1.807) is 0 Å². The average molecular weight is 547 g/mol. The molecule has 0 saturated carbocycles. The van der Waals surface area contributed by atoms with Crippen LogP contribution in [-0.4, -0.2) is 67.2 Å². The van der Waals surface area contributed by atoms with Crippen molar-refractivity contribution in [3.63, 3.8) is 0 Å². The highest BCUT2D eigenvalue weighted by Crippen LogP contribution is 2.08. The molecule has 1 atom stereocenters. The van der Waals surface area contributed by atoms with Gasteiger partial charge in [-0.25, -0.2) is 9.59 Å². The first-order chi connectivity index (χ1) is 19.3. The molecule has 0 bridgehead atoms. The molecule has 4 amide bonds. The Morgan fingerprint density at radius 1 is 0.675 bits per heavy atom. The second-order valence-electron chi connectivity index (χ2n) is 9.13. The smallest absolute Gasteiger partial charge is 0.408 e. The zero-order chi connectivity index (χ0) is 28.7. The maximum atomic E-state index is 13.3. The molecular formula is C30H34N4O6. The second-order valence-corrected chi connectivity index (χ2v) is 9.13. The number of nitrogens with one attached hydrogen (secondary N) is 2. The zero-order valence-corrected chi connectivity index (χ0v) is 22.6. The summed E-state index contributed by atoms with van der Waals surface area (Å²) in [6.45, 7) is -0.224. The number of ether oxygens (including phenoxy) is 2.